The van der Waals surface area contributed by atoms with Crippen LogP contribution in [0.3, 0.4) is 0 Å². The highest BCUT2D eigenvalue weighted by Crippen LogP contribution is 2.42. The fraction of sp³-hybridized carbons (Fsp3) is 0.296. The molecule has 4 rings (SSSR count). The molecular formula is C27H26F3N4O3P. The number of hydrogen-bond donors (Lipinski definition) is 1. The average molecular weight is 542 g/mol. The number of aliphatic hydroxyl groups is 1. The zero-order valence-corrected chi connectivity index (χ0v) is 21.5. The Labute approximate surface area is 220 Å². The third kappa shape index (κ3) is 6.74. The van der Waals surface area contributed by atoms with Crippen LogP contribution >= 0.6 is 8.58 Å². The monoisotopic (exact) mass is 542 g/mol. The number of nitriles is 1. The lowest BCUT2D eigenvalue weighted by Crippen LogP contribution is -2.43. The first kappa shape index (κ1) is 27.7. The van der Waals surface area contributed by atoms with Crippen molar-refractivity contribution in [3.8, 4) is 6.07 Å². The molecule has 198 valence electrons. The number of hydrogen-bond acceptors (Lipinski definition) is 6. The fourth-order valence-corrected chi connectivity index (χ4v) is 5.73. The summed E-state index contributed by atoms with van der Waals surface area (Å²) in [5.41, 5.74) is -1.58. The van der Waals surface area contributed by atoms with Crippen LogP contribution in [0.1, 0.15) is 23.6 Å². The van der Waals surface area contributed by atoms with E-state index in [-0.39, 0.29) is 31.9 Å². The summed E-state index contributed by atoms with van der Waals surface area (Å²) >= 11 is 0. The second-order valence-electron chi connectivity index (χ2n) is 8.85. The van der Waals surface area contributed by atoms with Gasteiger partial charge in [0.15, 0.2) is 6.29 Å². The van der Waals surface area contributed by atoms with Crippen LogP contribution in [0.4, 0.5) is 13.2 Å². The Bertz CT molecular complexity index is 1340. The largest absolute Gasteiger partial charge is 0.382 e. The molecule has 1 aliphatic heterocycles. The summed E-state index contributed by atoms with van der Waals surface area (Å²) < 4.78 is 55.2. The minimum Gasteiger partial charge on any atom is -0.382 e. The maximum absolute atomic E-state index is 14.7. The molecule has 1 unspecified atom stereocenters. The van der Waals surface area contributed by atoms with Crippen molar-refractivity contribution >= 4 is 14.7 Å². The first-order chi connectivity index (χ1) is 18.3. The second kappa shape index (κ2) is 12.5. The van der Waals surface area contributed by atoms with E-state index in [1.54, 1.807) is 37.3 Å². The van der Waals surface area contributed by atoms with Crippen molar-refractivity contribution in [2.45, 2.75) is 36.7 Å². The number of aromatic nitrogens is 3. The molecule has 1 aromatic heterocycles. The maximum Gasteiger partial charge on any atom is 0.177 e. The van der Waals surface area contributed by atoms with Crippen LogP contribution in [0.15, 0.2) is 67.3 Å². The average Bonchev–Trinajstić information content (AvgIpc) is 3.40. The van der Waals surface area contributed by atoms with Crippen LogP contribution in [0.25, 0.3) is 6.08 Å². The first-order valence-electron chi connectivity index (χ1n) is 11.8. The number of benzene rings is 2. The first-order valence-corrected chi connectivity index (χ1v) is 13.0. The summed E-state index contributed by atoms with van der Waals surface area (Å²) in [7, 11) is 0.133. The summed E-state index contributed by atoms with van der Waals surface area (Å²) in [6.45, 7) is 2.46. The Balaban J connectivity index is 1.36. The van der Waals surface area contributed by atoms with Gasteiger partial charge in [0.2, 0.25) is 0 Å². The molecule has 2 heterocycles. The molecule has 1 saturated heterocycles. The fourth-order valence-electron chi connectivity index (χ4n) is 4.12. The van der Waals surface area contributed by atoms with Crippen molar-refractivity contribution in [3.05, 3.63) is 101 Å². The Hall–Kier alpha value is -3.35. The van der Waals surface area contributed by atoms with Gasteiger partial charge in [0.05, 0.1) is 31.4 Å². The van der Waals surface area contributed by atoms with E-state index in [0.717, 1.165) is 12.1 Å². The van der Waals surface area contributed by atoms with Crippen LogP contribution in [0, 0.1) is 28.8 Å². The van der Waals surface area contributed by atoms with Gasteiger partial charge in [-0.15, -0.1) is 8.58 Å². The number of nitrogens with zero attached hydrogens (tertiary/aromatic N) is 4. The van der Waals surface area contributed by atoms with E-state index in [9.17, 15) is 18.3 Å². The molecule has 0 saturated carbocycles. The van der Waals surface area contributed by atoms with Gasteiger partial charge in [0.1, 0.15) is 35.7 Å². The van der Waals surface area contributed by atoms with Gasteiger partial charge in [0, 0.05) is 28.5 Å². The molecule has 0 amide bonds. The van der Waals surface area contributed by atoms with Gasteiger partial charge in [-0.1, -0.05) is 37.3 Å². The summed E-state index contributed by atoms with van der Waals surface area (Å²) in [5, 5.41) is 24.5. The summed E-state index contributed by atoms with van der Waals surface area (Å²) in [4.78, 5) is 3.89. The Morgan fingerprint density at radius 2 is 1.97 bits per heavy atom. The van der Waals surface area contributed by atoms with Crippen molar-refractivity contribution < 1.29 is 27.8 Å². The Kier molecular flexibility index (Phi) is 9.08. The molecule has 11 heteroatoms. The van der Waals surface area contributed by atoms with E-state index in [0.29, 0.717) is 18.8 Å². The molecule has 1 fully saturated rings. The number of rotatable bonds is 9. The van der Waals surface area contributed by atoms with Crippen molar-refractivity contribution in [1.29, 1.82) is 5.26 Å². The van der Waals surface area contributed by atoms with E-state index in [4.69, 9.17) is 14.7 Å². The molecule has 7 nitrogen and oxygen atoms in total. The summed E-state index contributed by atoms with van der Waals surface area (Å²) in [6, 6.07) is 9.27. The molecular weight excluding hydrogens is 516 g/mol. The minimum absolute atomic E-state index is 0.0154. The van der Waals surface area contributed by atoms with Crippen LogP contribution in [0.5, 0.6) is 0 Å². The molecule has 0 aliphatic carbocycles. The topological polar surface area (TPSA) is 93.2 Å². The van der Waals surface area contributed by atoms with Crippen LogP contribution < -0.4 is 0 Å². The van der Waals surface area contributed by atoms with Gasteiger partial charge < -0.3 is 14.6 Å². The summed E-state index contributed by atoms with van der Waals surface area (Å²) in [5.74, 6) is -2.05. The van der Waals surface area contributed by atoms with Gasteiger partial charge in [-0.2, -0.15) is 10.4 Å². The van der Waals surface area contributed by atoms with E-state index in [2.05, 4.69) is 10.1 Å². The number of allylic oxidation sites excluding steroid dienone is 2. The lowest BCUT2D eigenvalue weighted by molar-refractivity contribution is -0.147. The van der Waals surface area contributed by atoms with Gasteiger partial charge in [-0.05, 0) is 24.3 Å². The van der Waals surface area contributed by atoms with Crippen molar-refractivity contribution in [2.75, 3.05) is 13.2 Å². The lowest BCUT2D eigenvalue weighted by atomic mass is 9.90. The highest BCUT2D eigenvalue weighted by Gasteiger charge is 2.40. The van der Waals surface area contributed by atoms with Gasteiger partial charge >= 0.3 is 0 Å². The smallest absolute Gasteiger partial charge is 0.177 e. The predicted octanol–water partition coefficient (Wildman–Crippen LogP) is 4.53. The van der Waals surface area contributed by atoms with Gasteiger partial charge in [-0.3, -0.25) is 0 Å². The predicted molar refractivity (Wildman–Crippen MR) is 137 cm³/mol. The highest BCUT2D eigenvalue weighted by atomic mass is 31.1. The third-order valence-corrected chi connectivity index (χ3v) is 7.96. The van der Waals surface area contributed by atoms with E-state index in [1.807, 2.05) is 6.07 Å². The molecule has 0 spiro atoms. The Morgan fingerprint density at radius 3 is 2.63 bits per heavy atom. The van der Waals surface area contributed by atoms with Crippen molar-refractivity contribution in [2.24, 2.45) is 0 Å². The molecule has 38 heavy (non-hydrogen) atoms. The highest BCUT2D eigenvalue weighted by molar-refractivity contribution is 7.40. The molecule has 2 aromatic carbocycles. The normalized spacial score (nSPS) is 20.7. The zero-order chi connectivity index (χ0) is 27.1. The van der Waals surface area contributed by atoms with Gasteiger partial charge in [-0.25, -0.2) is 22.8 Å². The number of ether oxygens (including phenoxy) is 2. The molecule has 3 aromatic rings. The Morgan fingerprint density at radius 1 is 1.18 bits per heavy atom. The number of halogens is 3. The van der Waals surface area contributed by atoms with Crippen molar-refractivity contribution in [1.82, 2.24) is 14.8 Å². The standard InChI is InChI=1S/C27H26F3N4O3P/c1-18(27(35,15-34-17-32-16-33-34)23-9-8-21(28)11-25(23)30)38-22-13-36-26(37-14-22)5-3-2-4-20-7-6-19(12-31)10-24(20)29/h2-11,16-18,22,26,35,38H,13-15H2,1H3/b4-2+,5-3+/t18-,22?,26?,27-/m1/s1. The van der Waals surface area contributed by atoms with E-state index < -0.39 is 35.0 Å². The van der Waals surface area contributed by atoms with Gasteiger partial charge in [0.25, 0.3) is 0 Å². The van der Waals surface area contributed by atoms with Crippen LogP contribution in [-0.2, 0) is 21.6 Å². The minimum atomic E-state index is -1.67. The van der Waals surface area contributed by atoms with E-state index >= 15 is 0 Å². The molecule has 3 atom stereocenters. The molecule has 0 radical (unpaired) electrons. The zero-order valence-electron chi connectivity index (χ0n) is 20.5. The maximum atomic E-state index is 14.7. The van der Waals surface area contributed by atoms with Crippen molar-refractivity contribution in [3.63, 3.8) is 0 Å². The van der Waals surface area contributed by atoms with E-state index in [1.165, 1.54) is 35.5 Å². The lowest BCUT2D eigenvalue weighted by Gasteiger charge is -2.38. The second-order valence-corrected chi connectivity index (χ2v) is 10.9. The van der Waals surface area contributed by atoms with Crippen LogP contribution in [-0.4, -0.2) is 50.7 Å². The SMILES string of the molecule is C[C@@H](PC1COC(/C=C/C=C/c2ccc(C#N)cc2F)OC1)[C@](O)(Cn1cncn1)c1ccc(F)cc1F. The van der Waals surface area contributed by atoms with Crippen LogP contribution in [0.2, 0.25) is 0 Å². The quantitative estimate of drug-likeness (QED) is 0.316. The summed E-state index contributed by atoms with van der Waals surface area (Å²) in [6.07, 6.45) is 8.75. The molecule has 0 bridgehead atoms. The molecule has 1 N–H and O–H groups in total. The third-order valence-electron chi connectivity index (χ3n) is 6.18. The molecule has 1 aliphatic rings.